The van der Waals surface area contributed by atoms with Crippen LogP contribution >= 0.6 is 34.5 Å². The summed E-state index contributed by atoms with van der Waals surface area (Å²) in [6, 6.07) is 5.58. The summed E-state index contributed by atoms with van der Waals surface area (Å²) in [5.74, 6) is 0. The van der Waals surface area contributed by atoms with Crippen LogP contribution in [0.25, 0.3) is 10.6 Å². The van der Waals surface area contributed by atoms with E-state index in [4.69, 9.17) is 23.2 Å². The molecule has 17 heavy (non-hydrogen) atoms. The van der Waals surface area contributed by atoms with Gasteiger partial charge in [0.2, 0.25) is 0 Å². The summed E-state index contributed by atoms with van der Waals surface area (Å²) in [6.07, 6.45) is 0. The molecule has 1 aromatic heterocycles. The molecule has 5 heteroatoms. The average Bonchev–Trinajstić information content (AvgIpc) is 2.79. The molecule has 0 aliphatic rings. The number of hydrogen-bond acceptors (Lipinski definition) is 3. The van der Waals surface area contributed by atoms with Crippen LogP contribution < -0.4 is 5.32 Å². The van der Waals surface area contributed by atoms with Crippen molar-refractivity contribution in [2.75, 3.05) is 6.54 Å². The first-order chi connectivity index (χ1) is 8.20. The summed E-state index contributed by atoms with van der Waals surface area (Å²) in [7, 11) is 0. The van der Waals surface area contributed by atoms with Crippen molar-refractivity contribution in [3.63, 3.8) is 0 Å². The van der Waals surface area contributed by atoms with Crippen LogP contribution in [0.3, 0.4) is 0 Å². The Bertz CT molecular complexity index is 511. The zero-order valence-corrected chi connectivity index (χ0v) is 11.7. The maximum Gasteiger partial charge on any atom is 0.123 e. The summed E-state index contributed by atoms with van der Waals surface area (Å²) < 4.78 is 0. The Balaban J connectivity index is 2.21. The molecule has 0 aliphatic heterocycles. The fourth-order valence-electron chi connectivity index (χ4n) is 1.40. The summed E-state index contributed by atoms with van der Waals surface area (Å²) in [4.78, 5) is 4.54. The second kappa shape index (κ2) is 5.83. The van der Waals surface area contributed by atoms with Crippen LogP contribution in [0, 0.1) is 0 Å². The average molecular weight is 287 g/mol. The summed E-state index contributed by atoms with van der Waals surface area (Å²) in [5.41, 5.74) is 2.06. The molecule has 90 valence electrons. The molecule has 0 saturated carbocycles. The predicted octanol–water partition coefficient (Wildman–Crippen LogP) is 4.23. The molecule has 0 saturated heterocycles. The van der Waals surface area contributed by atoms with Crippen molar-refractivity contribution >= 4 is 34.5 Å². The quantitative estimate of drug-likeness (QED) is 0.910. The van der Waals surface area contributed by atoms with Gasteiger partial charge < -0.3 is 5.32 Å². The molecule has 0 unspecified atom stereocenters. The van der Waals surface area contributed by atoms with Crippen molar-refractivity contribution in [2.45, 2.75) is 13.5 Å². The van der Waals surface area contributed by atoms with Gasteiger partial charge in [-0.1, -0.05) is 36.2 Å². The Morgan fingerprint density at radius 3 is 2.82 bits per heavy atom. The van der Waals surface area contributed by atoms with E-state index in [-0.39, 0.29) is 0 Å². The van der Waals surface area contributed by atoms with Crippen LogP contribution in [0.2, 0.25) is 10.0 Å². The van der Waals surface area contributed by atoms with E-state index in [0.717, 1.165) is 29.4 Å². The van der Waals surface area contributed by atoms with Crippen molar-refractivity contribution in [3.8, 4) is 10.6 Å². The number of aromatic nitrogens is 1. The van der Waals surface area contributed by atoms with E-state index in [9.17, 15) is 0 Å². The van der Waals surface area contributed by atoms with Crippen LogP contribution in [-0.4, -0.2) is 11.5 Å². The van der Waals surface area contributed by atoms with Gasteiger partial charge in [-0.25, -0.2) is 4.98 Å². The molecule has 2 rings (SSSR count). The minimum Gasteiger partial charge on any atom is -0.311 e. The van der Waals surface area contributed by atoms with Gasteiger partial charge in [-0.3, -0.25) is 0 Å². The fraction of sp³-hybridized carbons (Fsp3) is 0.250. The summed E-state index contributed by atoms with van der Waals surface area (Å²) >= 11 is 13.5. The highest BCUT2D eigenvalue weighted by atomic mass is 35.5. The molecule has 1 N–H and O–H groups in total. The fourth-order valence-corrected chi connectivity index (χ4v) is 2.52. The number of nitrogens with one attached hydrogen (secondary N) is 1. The van der Waals surface area contributed by atoms with E-state index in [1.807, 2.05) is 12.1 Å². The molecular formula is C12H12Cl2N2S. The van der Waals surface area contributed by atoms with Crippen molar-refractivity contribution in [1.82, 2.24) is 10.3 Å². The molecule has 0 spiro atoms. The van der Waals surface area contributed by atoms with Crippen molar-refractivity contribution < 1.29 is 0 Å². The van der Waals surface area contributed by atoms with Crippen LogP contribution in [0.5, 0.6) is 0 Å². The number of hydrogen-bond donors (Lipinski definition) is 1. The maximum absolute atomic E-state index is 5.99. The second-order valence-corrected chi connectivity index (χ2v) is 5.23. The smallest absolute Gasteiger partial charge is 0.123 e. The molecule has 0 atom stereocenters. The minimum atomic E-state index is 0.563. The third kappa shape index (κ3) is 3.19. The lowest BCUT2D eigenvalue weighted by atomic mass is 10.2. The highest BCUT2D eigenvalue weighted by Gasteiger charge is 2.06. The third-order valence-electron chi connectivity index (χ3n) is 2.27. The van der Waals surface area contributed by atoms with Gasteiger partial charge in [0.1, 0.15) is 5.01 Å². The molecule has 0 bridgehead atoms. The van der Waals surface area contributed by atoms with Gasteiger partial charge in [0.15, 0.2) is 0 Å². The molecule has 1 heterocycles. The van der Waals surface area contributed by atoms with Gasteiger partial charge in [0, 0.05) is 17.5 Å². The Morgan fingerprint density at radius 2 is 2.12 bits per heavy atom. The van der Waals surface area contributed by atoms with Crippen LogP contribution in [0.1, 0.15) is 12.6 Å². The van der Waals surface area contributed by atoms with Gasteiger partial charge in [0.05, 0.1) is 15.7 Å². The Labute approximate surface area is 115 Å². The molecule has 0 aliphatic carbocycles. The van der Waals surface area contributed by atoms with Crippen LogP contribution in [0.15, 0.2) is 23.6 Å². The van der Waals surface area contributed by atoms with Crippen LogP contribution in [0.4, 0.5) is 0 Å². The maximum atomic E-state index is 5.99. The lowest BCUT2D eigenvalue weighted by Crippen LogP contribution is -2.11. The second-order valence-electron chi connectivity index (χ2n) is 3.55. The highest BCUT2D eigenvalue weighted by molar-refractivity contribution is 7.13. The monoisotopic (exact) mass is 286 g/mol. The predicted molar refractivity (Wildman–Crippen MR) is 75.0 cm³/mol. The van der Waals surface area contributed by atoms with E-state index >= 15 is 0 Å². The number of benzene rings is 1. The normalized spacial score (nSPS) is 10.8. The first kappa shape index (κ1) is 12.8. The Kier molecular flexibility index (Phi) is 4.40. The van der Waals surface area contributed by atoms with E-state index in [1.165, 1.54) is 0 Å². The lowest BCUT2D eigenvalue weighted by molar-refractivity contribution is 0.715. The molecule has 2 aromatic rings. The standard InChI is InChI=1S/C12H12Cl2N2S/c1-2-15-6-9-7-17-12(16-9)8-3-4-10(13)11(14)5-8/h3-5,7,15H,2,6H2,1H3. The molecule has 0 fully saturated rings. The van der Waals surface area contributed by atoms with E-state index in [2.05, 4.69) is 22.6 Å². The zero-order chi connectivity index (χ0) is 12.3. The van der Waals surface area contributed by atoms with Gasteiger partial charge in [-0.05, 0) is 18.7 Å². The Morgan fingerprint density at radius 1 is 1.29 bits per heavy atom. The van der Waals surface area contributed by atoms with Crippen molar-refractivity contribution in [3.05, 3.63) is 39.3 Å². The minimum absolute atomic E-state index is 0.563. The largest absolute Gasteiger partial charge is 0.311 e. The van der Waals surface area contributed by atoms with E-state index in [0.29, 0.717) is 10.0 Å². The van der Waals surface area contributed by atoms with Gasteiger partial charge >= 0.3 is 0 Å². The van der Waals surface area contributed by atoms with Crippen molar-refractivity contribution in [1.29, 1.82) is 0 Å². The summed E-state index contributed by atoms with van der Waals surface area (Å²) in [5, 5.41) is 7.40. The number of nitrogens with zero attached hydrogens (tertiary/aromatic N) is 1. The third-order valence-corrected chi connectivity index (χ3v) is 3.95. The molecule has 0 amide bonds. The lowest BCUT2D eigenvalue weighted by Gasteiger charge is -1.99. The van der Waals surface area contributed by atoms with Gasteiger partial charge in [-0.2, -0.15) is 0 Å². The number of rotatable bonds is 4. The van der Waals surface area contributed by atoms with E-state index < -0.39 is 0 Å². The number of halogens is 2. The first-order valence-electron chi connectivity index (χ1n) is 5.31. The SMILES string of the molecule is CCNCc1csc(-c2ccc(Cl)c(Cl)c2)n1. The molecular weight excluding hydrogens is 275 g/mol. The topological polar surface area (TPSA) is 24.9 Å². The first-order valence-corrected chi connectivity index (χ1v) is 6.95. The zero-order valence-electron chi connectivity index (χ0n) is 9.34. The molecule has 1 aromatic carbocycles. The molecule has 2 nitrogen and oxygen atoms in total. The van der Waals surface area contributed by atoms with Crippen molar-refractivity contribution in [2.24, 2.45) is 0 Å². The van der Waals surface area contributed by atoms with E-state index in [1.54, 1.807) is 17.4 Å². The molecule has 0 radical (unpaired) electrons. The summed E-state index contributed by atoms with van der Waals surface area (Å²) in [6.45, 7) is 3.82. The number of thiazole rings is 1. The van der Waals surface area contributed by atoms with Gasteiger partial charge in [0.25, 0.3) is 0 Å². The Hall–Kier alpha value is -0.610. The van der Waals surface area contributed by atoms with Crippen LogP contribution in [-0.2, 0) is 6.54 Å². The highest BCUT2D eigenvalue weighted by Crippen LogP contribution is 2.30. The van der Waals surface area contributed by atoms with Gasteiger partial charge in [-0.15, -0.1) is 11.3 Å².